The number of rotatable bonds is 6. The molecule has 0 radical (unpaired) electrons. The van der Waals surface area contributed by atoms with E-state index in [0.717, 1.165) is 19.3 Å². The van der Waals surface area contributed by atoms with Crippen LogP contribution >= 0.6 is 0 Å². The normalized spacial score (nSPS) is 22.2. The summed E-state index contributed by atoms with van der Waals surface area (Å²) in [6.07, 6.45) is 2.40. The highest BCUT2D eigenvalue weighted by atomic mass is 16.5. The smallest absolute Gasteiger partial charge is 0.237 e. The van der Waals surface area contributed by atoms with Crippen molar-refractivity contribution in [3.05, 3.63) is 0 Å². The maximum atomic E-state index is 12.0. The predicted octanol–water partition coefficient (Wildman–Crippen LogP) is 0.421. The Bertz CT molecular complexity index is 265. The zero-order chi connectivity index (χ0) is 13.6. The fourth-order valence-corrected chi connectivity index (χ4v) is 2.10. The van der Waals surface area contributed by atoms with Gasteiger partial charge in [0.1, 0.15) is 0 Å². The molecule has 0 aliphatic carbocycles. The highest BCUT2D eigenvalue weighted by Gasteiger charge is 2.34. The number of hydrogen-bond donors (Lipinski definition) is 3. The number of aliphatic hydroxyl groups is 1. The number of aliphatic hydroxyl groups excluding tert-OH is 1. The van der Waals surface area contributed by atoms with Gasteiger partial charge >= 0.3 is 0 Å². The molecule has 5 heteroatoms. The van der Waals surface area contributed by atoms with E-state index < -0.39 is 0 Å². The van der Waals surface area contributed by atoms with E-state index in [-0.39, 0.29) is 30.1 Å². The minimum Gasteiger partial charge on any atom is -0.394 e. The zero-order valence-electron chi connectivity index (χ0n) is 11.7. The number of nitrogens with one attached hydrogen (secondary N) is 2. The lowest BCUT2D eigenvalue weighted by Gasteiger charge is -2.38. The van der Waals surface area contributed by atoms with Gasteiger partial charge in [-0.05, 0) is 33.1 Å². The molecule has 2 unspecified atom stereocenters. The molecule has 1 rings (SSSR count). The molecule has 106 valence electrons. The molecule has 1 aliphatic heterocycles. The van der Waals surface area contributed by atoms with E-state index in [9.17, 15) is 9.90 Å². The van der Waals surface area contributed by atoms with Gasteiger partial charge in [0.2, 0.25) is 5.91 Å². The van der Waals surface area contributed by atoms with E-state index >= 15 is 0 Å². The Morgan fingerprint density at radius 2 is 2.00 bits per heavy atom. The first-order valence-electron chi connectivity index (χ1n) is 6.79. The summed E-state index contributed by atoms with van der Waals surface area (Å²) in [4.78, 5) is 12.0. The third kappa shape index (κ3) is 4.23. The van der Waals surface area contributed by atoms with Crippen LogP contribution in [0.25, 0.3) is 0 Å². The van der Waals surface area contributed by atoms with E-state index in [0.29, 0.717) is 13.2 Å². The number of hydrogen-bond acceptors (Lipinski definition) is 4. The third-order valence-corrected chi connectivity index (χ3v) is 3.67. The first-order chi connectivity index (χ1) is 8.53. The number of ether oxygens (including phenoxy) is 1. The minimum absolute atomic E-state index is 0.0105. The van der Waals surface area contributed by atoms with Gasteiger partial charge in [-0.2, -0.15) is 0 Å². The Hall–Kier alpha value is -0.650. The van der Waals surface area contributed by atoms with Crippen molar-refractivity contribution in [2.45, 2.75) is 57.7 Å². The van der Waals surface area contributed by atoms with E-state index in [4.69, 9.17) is 4.74 Å². The standard InChI is InChI=1S/C13H26N2O3/c1-4-10(2)14-12(17)11(3)15-13(9-16)5-7-18-8-6-13/h10-11,15-16H,4-9H2,1-3H3,(H,14,17). The number of amides is 1. The summed E-state index contributed by atoms with van der Waals surface area (Å²) >= 11 is 0. The third-order valence-electron chi connectivity index (χ3n) is 3.67. The zero-order valence-corrected chi connectivity index (χ0v) is 11.7. The highest BCUT2D eigenvalue weighted by molar-refractivity contribution is 5.81. The summed E-state index contributed by atoms with van der Waals surface area (Å²) in [5.41, 5.74) is -0.371. The van der Waals surface area contributed by atoms with Gasteiger partial charge in [0.15, 0.2) is 0 Å². The molecule has 1 heterocycles. The molecule has 1 amide bonds. The van der Waals surface area contributed by atoms with Crippen molar-refractivity contribution in [1.29, 1.82) is 0 Å². The summed E-state index contributed by atoms with van der Waals surface area (Å²) in [5, 5.41) is 15.8. The van der Waals surface area contributed by atoms with Crippen LogP contribution in [0.4, 0.5) is 0 Å². The first kappa shape index (κ1) is 15.4. The van der Waals surface area contributed by atoms with Gasteiger partial charge in [0.05, 0.1) is 12.6 Å². The van der Waals surface area contributed by atoms with Crippen LogP contribution < -0.4 is 10.6 Å². The lowest BCUT2D eigenvalue weighted by molar-refractivity contribution is -0.124. The SMILES string of the molecule is CCC(C)NC(=O)C(C)NC1(CO)CCOCC1. The molecule has 5 nitrogen and oxygen atoms in total. The van der Waals surface area contributed by atoms with Gasteiger partial charge in [-0.3, -0.25) is 10.1 Å². The van der Waals surface area contributed by atoms with E-state index in [1.807, 2.05) is 20.8 Å². The number of carbonyl (C=O) groups is 1. The van der Waals surface area contributed by atoms with Crippen molar-refractivity contribution in [2.24, 2.45) is 0 Å². The van der Waals surface area contributed by atoms with Crippen LogP contribution in [0, 0.1) is 0 Å². The average molecular weight is 258 g/mol. The molecular formula is C13H26N2O3. The van der Waals surface area contributed by atoms with Crippen molar-refractivity contribution in [3.8, 4) is 0 Å². The lowest BCUT2D eigenvalue weighted by Crippen LogP contribution is -2.59. The molecule has 0 aromatic heterocycles. The minimum atomic E-state index is -0.371. The van der Waals surface area contributed by atoms with Crippen molar-refractivity contribution >= 4 is 5.91 Å². The topological polar surface area (TPSA) is 70.6 Å². The molecular weight excluding hydrogens is 232 g/mol. The molecule has 0 spiro atoms. The van der Waals surface area contributed by atoms with Crippen LogP contribution in [0.15, 0.2) is 0 Å². The van der Waals surface area contributed by atoms with Crippen LogP contribution in [0.1, 0.15) is 40.0 Å². The summed E-state index contributed by atoms with van der Waals surface area (Å²) in [5.74, 6) is -0.0105. The molecule has 18 heavy (non-hydrogen) atoms. The van der Waals surface area contributed by atoms with Crippen molar-refractivity contribution in [3.63, 3.8) is 0 Å². The van der Waals surface area contributed by atoms with Crippen molar-refractivity contribution in [2.75, 3.05) is 19.8 Å². The van der Waals surface area contributed by atoms with Gasteiger partial charge in [-0.15, -0.1) is 0 Å². The van der Waals surface area contributed by atoms with E-state index in [2.05, 4.69) is 10.6 Å². The van der Waals surface area contributed by atoms with Gasteiger partial charge < -0.3 is 15.2 Å². The average Bonchev–Trinajstić information content (AvgIpc) is 2.39. The maximum absolute atomic E-state index is 12.0. The van der Waals surface area contributed by atoms with Gasteiger partial charge in [0.25, 0.3) is 0 Å². The van der Waals surface area contributed by atoms with Gasteiger partial charge in [-0.1, -0.05) is 6.92 Å². The fraction of sp³-hybridized carbons (Fsp3) is 0.923. The Kier molecular flexibility index (Phi) is 6.05. The molecule has 1 aliphatic rings. The molecule has 0 bridgehead atoms. The molecule has 2 atom stereocenters. The lowest BCUT2D eigenvalue weighted by atomic mass is 9.90. The summed E-state index contributed by atoms with van der Waals surface area (Å²) in [6, 6.07) is -0.120. The Labute approximate surface area is 109 Å². The molecule has 0 saturated carbocycles. The van der Waals surface area contributed by atoms with Crippen molar-refractivity contribution < 1.29 is 14.6 Å². The number of carbonyl (C=O) groups excluding carboxylic acids is 1. The molecule has 1 fully saturated rings. The van der Waals surface area contributed by atoms with E-state index in [1.165, 1.54) is 0 Å². The van der Waals surface area contributed by atoms with Crippen LogP contribution in [-0.2, 0) is 9.53 Å². The second-order valence-corrected chi connectivity index (χ2v) is 5.23. The van der Waals surface area contributed by atoms with Gasteiger partial charge in [0, 0.05) is 24.8 Å². The largest absolute Gasteiger partial charge is 0.394 e. The quantitative estimate of drug-likeness (QED) is 0.646. The summed E-state index contributed by atoms with van der Waals surface area (Å²) in [6.45, 7) is 7.17. The predicted molar refractivity (Wildman–Crippen MR) is 70.4 cm³/mol. The second-order valence-electron chi connectivity index (χ2n) is 5.23. The van der Waals surface area contributed by atoms with Crippen molar-refractivity contribution in [1.82, 2.24) is 10.6 Å². The molecule has 3 N–H and O–H groups in total. The van der Waals surface area contributed by atoms with Crippen LogP contribution in [-0.4, -0.2) is 48.5 Å². The Balaban J connectivity index is 2.50. The van der Waals surface area contributed by atoms with Crippen LogP contribution in [0.3, 0.4) is 0 Å². The first-order valence-corrected chi connectivity index (χ1v) is 6.79. The monoisotopic (exact) mass is 258 g/mol. The summed E-state index contributed by atoms with van der Waals surface area (Å²) < 4.78 is 5.30. The Morgan fingerprint density at radius 3 is 2.50 bits per heavy atom. The maximum Gasteiger partial charge on any atom is 0.237 e. The second kappa shape index (κ2) is 7.07. The van der Waals surface area contributed by atoms with Gasteiger partial charge in [-0.25, -0.2) is 0 Å². The fourth-order valence-electron chi connectivity index (χ4n) is 2.10. The molecule has 1 saturated heterocycles. The summed E-state index contributed by atoms with van der Waals surface area (Å²) in [7, 11) is 0. The Morgan fingerprint density at radius 1 is 1.39 bits per heavy atom. The van der Waals surface area contributed by atoms with Crippen LogP contribution in [0.5, 0.6) is 0 Å². The van der Waals surface area contributed by atoms with E-state index in [1.54, 1.807) is 0 Å². The molecule has 0 aromatic rings. The van der Waals surface area contributed by atoms with Crippen LogP contribution in [0.2, 0.25) is 0 Å². The molecule has 0 aromatic carbocycles. The highest BCUT2D eigenvalue weighted by Crippen LogP contribution is 2.20.